The standard InChI is InChI=1S/C26H24N2O/c27-25-23(17-20-12-6-2-7-13-20)21(16-19-10-4-1-5-11-19)18-24(26(25)28)29-22-14-8-3-9-15-22/h1-15,18H,16-17,27-28H2. The Labute approximate surface area is 171 Å². The molecule has 0 heterocycles. The molecule has 0 aliphatic carbocycles. The van der Waals surface area contributed by atoms with E-state index in [1.54, 1.807) is 0 Å². The topological polar surface area (TPSA) is 61.3 Å². The minimum Gasteiger partial charge on any atom is -0.455 e. The maximum absolute atomic E-state index is 6.53. The molecule has 0 saturated carbocycles. The van der Waals surface area contributed by atoms with E-state index >= 15 is 0 Å². The van der Waals surface area contributed by atoms with Crippen LogP contribution in [0.25, 0.3) is 0 Å². The summed E-state index contributed by atoms with van der Waals surface area (Å²) in [4.78, 5) is 0. The molecule has 0 unspecified atom stereocenters. The fourth-order valence-electron chi connectivity index (χ4n) is 3.47. The van der Waals surface area contributed by atoms with Crippen LogP contribution in [-0.4, -0.2) is 0 Å². The molecular formula is C26H24N2O. The van der Waals surface area contributed by atoms with Gasteiger partial charge in [0.1, 0.15) is 5.75 Å². The predicted molar refractivity (Wildman–Crippen MR) is 120 cm³/mol. The number of ether oxygens (including phenoxy) is 1. The van der Waals surface area contributed by atoms with Gasteiger partial charge in [0.15, 0.2) is 5.75 Å². The van der Waals surface area contributed by atoms with Gasteiger partial charge in [-0.15, -0.1) is 0 Å². The number of para-hydroxylation sites is 1. The van der Waals surface area contributed by atoms with Crippen molar-refractivity contribution in [3.63, 3.8) is 0 Å². The Morgan fingerprint density at radius 2 is 1.10 bits per heavy atom. The molecule has 3 heteroatoms. The van der Waals surface area contributed by atoms with Crippen LogP contribution < -0.4 is 16.2 Å². The average molecular weight is 380 g/mol. The summed E-state index contributed by atoms with van der Waals surface area (Å²) in [6.07, 6.45) is 1.49. The summed E-state index contributed by atoms with van der Waals surface area (Å²) in [6.45, 7) is 0. The van der Waals surface area contributed by atoms with Crippen molar-refractivity contribution in [3.05, 3.63) is 119 Å². The van der Waals surface area contributed by atoms with Crippen LogP contribution in [0.1, 0.15) is 22.3 Å². The molecule has 0 radical (unpaired) electrons. The summed E-state index contributed by atoms with van der Waals surface area (Å²) in [5.41, 5.74) is 18.6. The molecule has 3 nitrogen and oxygen atoms in total. The summed E-state index contributed by atoms with van der Waals surface area (Å²) in [5, 5.41) is 0. The molecule has 0 spiro atoms. The van der Waals surface area contributed by atoms with Gasteiger partial charge in [0.05, 0.1) is 11.4 Å². The van der Waals surface area contributed by atoms with Gasteiger partial charge < -0.3 is 16.2 Å². The van der Waals surface area contributed by atoms with Crippen molar-refractivity contribution < 1.29 is 4.74 Å². The van der Waals surface area contributed by atoms with Crippen LogP contribution in [0.4, 0.5) is 11.4 Å². The molecule has 0 saturated heterocycles. The molecular weight excluding hydrogens is 356 g/mol. The second-order valence-electron chi connectivity index (χ2n) is 7.08. The minimum atomic E-state index is 0.483. The summed E-state index contributed by atoms with van der Waals surface area (Å²) in [6, 6.07) is 32.3. The lowest BCUT2D eigenvalue weighted by Crippen LogP contribution is -2.07. The van der Waals surface area contributed by atoms with E-state index in [1.165, 1.54) is 11.1 Å². The zero-order valence-electron chi connectivity index (χ0n) is 16.2. The summed E-state index contributed by atoms with van der Waals surface area (Å²) < 4.78 is 6.07. The highest BCUT2D eigenvalue weighted by atomic mass is 16.5. The van der Waals surface area contributed by atoms with Gasteiger partial charge in [-0.05, 0) is 53.3 Å². The second kappa shape index (κ2) is 8.53. The first kappa shape index (κ1) is 18.6. The van der Waals surface area contributed by atoms with Crippen LogP contribution in [0.15, 0.2) is 97.1 Å². The van der Waals surface area contributed by atoms with Gasteiger partial charge in [-0.1, -0.05) is 78.9 Å². The summed E-state index contributed by atoms with van der Waals surface area (Å²) >= 11 is 0. The van der Waals surface area contributed by atoms with Crippen LogP contribution in [0.2, 0.25) is 0 Å². The van der Waals surface area contributed by atoms with Gasteiger partial charge in [-0.2, -0.15) is 0 Å². The van der Waals surface area contributed by atoms with Crippen LogP contribution >= 0.6 is 0 Å². The maximum Gasteiger partial charge on any atom is 0.152 e. The first-order valence-electron chi connectivity index (χ1n) is 9.71. The van der Waals surface area contributed by atoms with Crippen molar-refractivity contribution in [1.82, 2.24) is 0 Å². The Kier molecular flexibility index (Phi) is 5.48. The Morgan fingerprint density at radius 3 is 1.69 bits per heavy atom. The molecule has 0 atom stereocenters. The summed E-state index contributed by atoms with van der Waals surface area (Å²) in [5.74, 6) is 1.33. The van der Waals surface area contributed by atoms with E-state index in [9.17, 15) is 0 Å². The van der Waals surface area contributed by atoms with Crippen molar-refractivity contribution in [3.8, 4) is 11.5 Å². The molecule has 4 aromatic rings. The zero-order valence-corrected chi connectivity index (χ0v) is 16.2. The molecule has 0 bridgehead atoms. The molecule has 144 valence electrons. The van der Waals surface area contributed by atoms with E-state index in [4.69, 9.17) is 16.2 Å². The lowest BCUT2D eigenvalue weighted by atomic mass is 9.92. The lowest BCUT2D eigenvalue weighted by molar-refractivity contribution is 0.484. The first-order valence-corrected chi connectivity index (χ1v) is 9.71. The van der Waals surface area contributed by atoms with Crippen molar-refractivity contribution in [1.29, 1.82) is 0 Å². The lowest BCUT2D eigenvalue weighted by Gasteiger charge is -2.19. The highest BCUT2D eigenvalue weighted by Crippen LogP contribution is 2.38. The summed E-state index contributed by atoms with van der Waals surface area (Å²) in [7, 11) is 0. The van der Waals surface area contributed by atoms with E-state index in [1.807, 2.05) is 72.8 Å². The monoisotopic (exact) mass is 380 g/mol. The van der Waals surface area contributed by atoms with Crippen molar-refractivity contribution >= 4 is 11.4 Å². The van der Waals surface area contributed by atoms with Crippen molar-refractivity contribution in [2.75, 3.05) is 11.5 Å². The van der Waals surface area contributed by atoms with Crippen molar-refractivity contribution in [2.24, 2.45) is 0 Å². The largest absolute Gasteiger partial charge is 0.455 e. The third kappa shape index (κ3) is 4.41. The van der Waals surface area contributed by atoms with E-state index in [0.29, 0.717) is 17.1 Å². The molecule has 29 heavy (non-hydrogen) atoms. The Hall–Kier alpha value is -3.72. The van der Waals surface area contributed by atoms with Crippen LogP contribution in [0, 0.1) is 0 Å². The van der Waals surface area contributed by atoms with Gasteiger partial charge in [-0.3, -0.25) is 0 Å². The first-order chi connectivity index (χ1) is 14.2. The van der Waals surface area contributed by atoms with Crippen LogP contribution in [0.3, 0.4) is 0 Å². The smallest absolute Gasteiger partial charge is 0.152 e. The van der Waals surface area contributed by atoms with Gasteiger partial charge in [0, 0.05) is 0 Å². The van der Waals surface area contributed by atoms with E-state index in [0.717, 1.165) is 29.7 Å². The maximum atomic E-state index is 6.53. The molecule has 4 rings (SSSR count). The van der Waals surface area contributed by atoms with Gasteiger partial charge in [0.25, 0.3) is 0 Å². The number of hydrogen-bond acceptors (Lipinski definition) is 3. The SMILES string of the molecule is Nc1c(Oc2ccccc2)cc(Cc2ccccc2)c(Cc2ccccc2)c1N. The average Bonchev–Trinajstić information content (AvgIpc) is 2.77. The van der Waals surface area contributed by atoms with Gasteiger partial charge in [-0.25, -0.2) is 0 Å². The van der Waals surface area contributed by atoms with Gasteiger partial charge >= 0.3 is 0 Å². The number of rotatable bonds is 6. The quantitative estimate of drug-likeness (QED) is 0.414. The Bertz CT molecular complexity index is 1080. The van der Waals surface area contributed by atoms with E-state index in [2.05, 4.69) is 24.3 Å². The molecule has 0 aliphatic rings. The zero-order chi connectivity index (χ0) is 20.1. The number of nitrogen functional groups attached to an aromatic ring is 2. The molecule has 4 N–H and O–H groups in total. The Morgan fingerprint density at radius 1 is 0.586 bits per heavy atom. The molecule has 0 aliphatic heterocycles. The number of nitrogens with two attached hydrogens (primary N) is 2. The molecule has 0 amide bonds. The third-order valence-corrected chi connectivity index (χ3v) is 5.01. The molecule has 4 aromatic carbocycles. The van der Waals surface area contributed by atoms with Crippen molar-refractivity contribution in [2.45, 2.75) is 12.8 Å². The molecule has 0 fully saturated rings. The van der Waals surface area contributed by atoms with Gasteiger partial charge in [0.2, 0.25) is 0 Å². The van der Waals surface area contributed by atoms with E-state index in [-0.39, 0.29) is 0 Å². The molecule has 0 aromatic heterocycles. The fourth-order valence-corrected chi connectivity index (χ4v) is 3.47. The highest BCUT2D eigenvalue weighted by Gasteiger charge is 2.16. The number of benzene rings is 4. The minimum absolute atomic E-state index is 0.483. The normalized spacial score (nSPS) is 10.6. The number of anilines is 2. The van der Waals surface area contributed by atoms with Crippen LogP contribution in [0.5, 0.6) is 11.5 Å². The fraction of sp³-hybridized carbons (Fsp3) is 0.0769. The third-order valence-electron chi connectivity index (χ3n) is 5.01. The second-order valence-corrected chi connectivity index (χ2v) is 7.08. The predicted octanol–water partition coefficient (Wildman–Crippen LogP) is 5.82. The number of hydrogen-bond donors (Lipinski definition) is 2. The van der Waals surface area contributed by atoms with Crippen LogP contribution in [-0.2, 0) is 12.8 Å². The Balaban J connectivity index is 1.77. The highest BCUT2D eigenvalue weighted by molar-refractivity contribution is 5.77. The van der Waals surface area contributed by atoms with E-state index < -0.39 is 0 Å².